The molecule has 0 fully saturated rings. The summed E-state index contributed by atoms with van der Waals surface area (Å²) in [6, 6.07) is 15.7. The van der Waals surface area contributed by atoms with Gasteiger partial charge in [0.25, 0.3) is 0 Å². The number of fused-ring (bicyclic) bond motifs is 1. The van der Waals surface area contributed by atoms with Crippen molar-refractivity contribution >= 4 is 45.3 Å². The molecule has 2 aromatic carbocycles. The lowest BCUT2D eigenvalue weighted by Gasteiger charge is -1.99. The highest BCUT2D eigenvalue weighted by Gasteiger charge is 2.06. The predicted molar refractivity (Wildman–Crippen MR) is 99.5 cm³/mol. The highest BCUT2D eigenvalue weighted by molar-refractivity contribution is 8.13. The molecule has 4 nitrogen and oxygen atoms in total. The number of aliphatic imine (C=N–C) groups is 1. The van der Waals surface area contributed by atoms with Crippen LogP contribution < -0.4 is 5.62 Å². The Bertz CT molecular complexity index is 893. The maximum Gasteiger partial charge on any atom is 0.212 e. The number of amidine groups is 1. The van der Waals surface area contributed by atoms with Crippen molar-refractivity contribution in [3.05, 3.63) is 59.2 Å². The molecule has 1 heterocycles. The molecule has 0 unspecified atom stereocenters. The van der Waals surface area contributed by atoms with Crippen molar-refractivity contribution in [2.45, 2.75) is 0 Å². The molecule has 0 saturated carbocycles. The number of aryl methyl sites for hydroxylation is 2. The van der Waals surface area contributed by atoms with E-state index in [9.17, 15) is 0 Å². The third kappa shape index (κ3) is 3.21. The number of hydrogen-bond donors (Lipinski definition) is 0. The fourth-order valence-corrected chi connectivity index (χ4v) is 2.95. The standard InChI is InChI=1S/C17H17ClN4S/c1-21-14-6-4-5-7-15(14)22(2)17(21)20-16(23-3)19-13-10-8-12(18)9-11-13/h4-11H,1-3H3. The van der Waals surface area contributed by atoms with Crippen molar-refractivity contribution in [3.63, 3.8) is 0 Å². The molecule has 0 bridgehead atoms. The van der Waals surface area contributed by atoms with Crippen LogP contribution in [0.4, 0.5) is 5.69 Å². The second-order valence-electron chi connectivity index (χ2n) is 5.09. The molecular weight excluding hydrogens is 328 g/mol. The average Bonchev–Trinajstić information content (AvgIpc) is 2.81. The van der Waals surface area contributed by atoms with E-state index in [2.05, 4.69) is 26.3 Å². The lowest BCUT2D eigenvalue weighted by molar-refractivity contribution is 0.769. The lowest BCUT2D eigenvalue weighted by atomic mass is 10.3. The topological polar surface area (TPSA) is 34.6 Å². The van der Waals surface area contributed by atoms with Gasteiger partial charge in [-0.2, -0.15) is 4.99 Å². The fourth-order valence-electron chi connectivity index (χ4n) is 2.45. The van der Waals surface area contributed by atoms with Gasteiger partial charge < -0.3 is 9.13 Å². The number of rotatable bonds is 1. The molecule has 0 amide bonds. The lowest BCUT2D eigenvalue weighted by Crippen LogP contribution is -2.23. The molecule has 0 radical (unpaired) electrons. The summed E-state index contributed by atoms with van der Waals surface area (Å²) in [5.74, 6) is 0. The second-order valence-corrected chi connectivity index (χ2v) is 6.30. The summed E-state index contributed by atoms with van der Waals surface area (Å²) in [7, 11) is 4.03. The average molecular weight is 345 g/mol. The van der Waals surface area contributed by atoms with Gasteiger partial charge in [-0.05, 0) is 42.7 Å². The maximum atomic E-state index is 5.91. The molecule has 3 rings (SSSR count). The summed E-state index contributed by atoms with van der Waals surface area (Å²) in [4.78, 5) is 9.33. The van der Waals surface area contributed by atoms with Gasteiger partial charge in [0.15, 0.2) is 5.17 Å². The minimum atomic E-state index is 0.701. The predicted octanol–water partition coefficient (Wildman–Crippen LogP) is 4.12. The SMILES string of the molecule is CSC(=Nc1ccc(Cl)cc1)N=c1n(C)c2ccccc2n1C. The molecule has 0 N–H and O–H groups in total. The molecule has 23 heavy (non-hydrogen) atoms. The zero-order valence-electron chi connectivity index (χ0n) is 13.2. The smallest absolute Gasteiger partial charge is 0.212 e. The van der Waals surface area contributed by atoms with Crippen LogP contribution in [-0.4, -0.2) is 20.6 Å². The van der Waals surface area contributed by atoms with E-state index in [-0.39, 0.29) is 0 Å². The molecule has 118 valence electrons. The molecule has 0 saturated heterocycles. The molecule has 3 aromatic rings. The molecule has 0 aliphatic carbocycles. The van der Waals surface area contributed by atoms with Crippen molar-refractivity contribution in [3.8, 4) is 0 Å². The van der Waals surface area contributed by atoms with E-state index in [1.165, 1.54) is 11.8 Å². The van der Waals surface area contributed by atoms with E-state index >= 15 is 0 Å². The Labute approximate surface area is 144 Å². The second kappa shape index (κ2) is 6.64. The molecule has 0 atom stereocenters. The Morgan fingerprint density at radius 3 is 2.04 bits per heavy atom. The van der Waals surface area contributed by atoms with Crippen molar-refractivity contribution < 1.29 is 0 Å². The molecule has 0 spiro atoms. The highest BCUT2D eigenvalue weighted by atomic mass is 35.5. The first-order valence-corrected chi connectivity index (χ1v) is 8.74. The van der Waals surface area contributed by atoms with Gasteiger partial charge in [-0.15, -0.1) is 0 Å². The monoisotopic (exact) mass is 344 g/mol. The highest BCUT2D eigenvalue weighted by Crippen LogP contribution is 2.18. The Kier molecular flexibility index (Phi) is 4.59. The van der Waals surface area contributed by atoms with Gasteiger partial charge >= 0.3 is 0 Å². The van der Waals surface area contributed by atoms with Crippen LogP contribution in [-0.2, 0) is 14.1 Å². The van der Waals surface area contributed by atoms with Crippen molar-refractivity contribution in [2.75, 3.05) is 6.26 Å². The number of benzene rings is 2. The minimum absolute atomic E-state index is 0.701. The first-order chi connectivity index (χ1) is 11.1. The molecule has 6 heteroatoms. The number of hydrogen-bond acceptors (Lipinski definition) is 2. The Hall–Kier alpha value is -1.98. The van der Waals surface area contributed by atoms with Gasteiger partial charge in [-0.3, -0.25) is 0 Å². The Morgan fingerprint density at radius 2 is 1.52 bits per heavy atom. The number of thioether (sulfide) groups is 1. The van der Waals surface area contributed by atoms with Gasteiger partial charge in [-0.1, -0.05) is 35.5 Å². The number of nitrogens with zero attached hydrogens (tertiary/aromatic N) is 4. The van der Waals surface area contributed by atoms with E-state index in [0.29, 0.717) is 10.2 Å². The number of halogens is 1. The van der Waals surface area contributed by atoms with E-state index < -0.39 is 0 Å². The van der Waals surface area contributed by atoms with Crippen LogP contribution in [0.3, 0.4) is 0 Å². The van der Waals surface area contributed by atoms with Gasteiger partial charge in [-0.25, -0.2) is 4.99 Å². The van der Waals surface area contributed by atoms with Gasteiger partial charge in [0.05, 0.1) is 16.7 Å². The maximum absolute atomic E-state index is 5.91. The third-order valence-corrected chi connectivity index (χ3v) is 4.43. The minimum Gasteiger partial charge on any atom is -0.313 e. The van der Waals surface area contributed by atoms with Gasteiger partial charge in [0.2, 0.25) is 5.62 Å². The van der Waals surface area contributed by atoms with E-state index in [1.807, 2.05) is 56.7 Å². The first-order valence-electron chi connectivity index (χ1n) is 7.13. The van der Waals surface area contributed by atoms with Crippen LogP contribution >= 0.6 is 23.4 Å². The summed E-state index contributed by atoms with van der Waals surface area (Å²) >= 11 is 7.43. The fraction of sp³-hybridized carbons (Fsp3) is 0.176. The van der Waals surface area contributed by atoms with Gasteiger partial charge in [0, 0.05) is 19.1 Å². The molecule has 0 aliphatic rings. The van der Waals surface area contributed by atoms with Crippen molar-refractivity contribution in [2.24, 2.45) is 24.1 Å². The number of para-hydroxylation sites is 2. The van der Waals surface area contributed by atoms with Crippen molar-refractivity contribution in [1.29, 1.82) is 0 Å². The zero-order chi connectivity index (χ0) is 16.4. The summed E-state index contributed by atoms with van der Waals surface area (Å²) in [6.07, 6.45) is 1.97. The van der Waals surface area contributed by atoms with E-state index in [4.69, 9.17) is 16.6 Å². The summed E-state index contributed by atoms with van der Waals surface area (Å²) < 4.78 is 4.14. The van der Waals surface area contributed by atoms with Crippen LogP contribution in [0.25, 0.3) is 11.0 Å². The van der Waals surface area contributed by atoms with Crippen LogP contribution in [0.15, 0.2) is 58.5 Å². The molecule has 1 aromatic heterocycles. The molecule has 0 aliphatic heterocycles. The summed E-state index contributed by atoms with van der Waals surface area (Å²) in [5.41, 5.74) is 3.97. The summed E-state index contributed by atoms with van der Waals surface area (Å²) in [6.45, 7) is 0. The quantitative estimate of drug-likeness (QED) is 0.483. The number of imidazole rings is 1. The van der Waals surface area contributed by atoms with Gasteiger partial charge in [0.1, 0.15) is 0 Å². The van der Waals surface area contributed by atoms with Crippen LogP contribution in [0.1, 0.15) is 0 Å². The molecular formula is C17H17ClN4S. The van der Waals surface area contributed by atoms with E-state index in [0.717, 1.165) is 22.3 Å². The van der Waals surface area contributed by atoms with Crippen LogP contribution in [0.2, 0.25) is 5.02 Å². The van der Waals surface area contributed by atoms with Crippen molar-refractivity contribution in [1.82, 2.24) is 9.13 Å². The zero-order valence-corrected chi connectivity index (χ0v) is 14.8. The first kappa shape index (κ1) is 15.9. The Balaban J connectivity index is 2.13. The van der Waals surface area contributed by atoms with E-state index in [1.54, 1.807) is 0 Å². The Morgan fingerprint density at radius 1 is 0.957 bits per heavy atom. The summed E-state index contributed by atoms with van der Waals surface area (Å²) in [5, 5.41) is 1.40. The van der Waals surface area contributed by atoms with Crippen LogP contribution in [0.5, 0.6) is 0 Å². The normalized spacial score (nSPS) is 11.9. The van der Waals surface area contributed by atoms with Crippen LogP contribution in [0, 0.1) is 0 Å². The largest absolute Gasteiger partial charge is 0.313 e. The third-order valence-electron chi connectivity index (χ3n) is 3.63. The number of aromatic nitrogens is 2.